The van der Waals surface area contributed by atoms with Crippen LogP contribution in [0, 0.1) is 5.41 Å². The van der Waals surface area contributed by atoms with Crippen molar-refractivity contribution in [2.75, 3.05) is 0 Å². The van der Waals surface area contributed by atoms with Gasteiger partial charge in [0.05, 0.1) is 0 Å². The average Bonchev–Trinajstić information content (AvgIpc) is 2.83. The molecule has 0 aromatic heterocycles. The zero-order valence-corrected chi connectivity index (χ0v) is 26.1. The van der Waals surface area contributed by atoms with Crippen molar-refractivity contribution in [3.63, 3.8) is 0 Å². The van der Waals surface area contributed by atoms with Crippen molar-refractivity contribution < 1.29 is 9.59 Å². The van der Waals surface area contributed by atoms with E-state index in [1.54, 1.807) is 0 Å². The summed E-state index contributed by atoms with van der Waals surface area (Å²) in [5.41, 5.74) is 12.4. The molecule has 0 amide bonds. The quantitative estimate of drug-likeness (QED) is 0.298. The van der Waals surface area contributed by atoms with Gasteiger partial charge in [-0.1, -0.05) is 83.9 Å². The minimum atomic E-state index is -0.328. The summed E-state index contributed by atoms with van der Waals surface area (Å²) in [7, 11) is 0. The second kappa shape index (κ2) is 10.7. The highest BCUT2D eigenvalue weighted by Crippen LogP contribution is 2.37. The highest BCUT2D eigenvalue weighted by molar-refractivity contribution is 6.28. The Hall–Kier alpha value is -2.78. The summed E-state index contributed by atoms with van der Waals surface area (Å²) in [5.74, 6) is -0.127. The van der Waals surface area contributed by atoms with Crippen molar-refractivity contribution in [1.82, 2.24) is 0 Å². The first-order valence-corrected chi connectivity index (χ1v) is 14.3. The number of fused-ring (bicyclic) bond motifs is 2. The second-order valence-electron chi connectivity index (χ2n) is 14.4. The third-order valence-corrected chi connectivity index (χ3v) is 8.92. The minimum absolute atomic E-state index is 0.0584. The fourth-order valence-electron chi connectivity index (χ4n) is 4.88. The predicted molar refractivity (Wildman–Crippen MR) is 165 cm³/mol. The predicted octanol–water partition coefficient (Wildman–Crippen LogP) is 8.86. The molecule has 0 unspecified atom stereocenters. The highest BCUT2D eigenvalue weighted by Gasteiger charge is 2.33. The van der Waals surface area contributed by atoms with E-state index >= 15 is 0 Å². The number of nitrogens with two attached hydrogens (primary N) is 1. The van der Waals surface area contributed by atoms with Gasteiger partial charge in [-0.05, 0) is 98.6 Å². The molecule has 2 N–H and O–H groups in total. The molecule has 0 fully saturated rings. The van der Waals surface area contributed by atoms with Gasteiger partial charge in [-0.25, -0.2) is 0 Å². The third-order valence-electron chi connectivity index (χ3n) is 8.92. The molecule has 0 heterocycles. The first kappa shape index (κ1) is 30.8. The molecule has 0 spiro atoms. The van der Waals surface area contributed by atoms with Crippen LogP contribution in [-0.4, -0.2) is 17.1 Å². The maximum Gasteiger partial charge on any atom is 0.194 e. The summed E-state index contributed by atoms with van der Waals surface area (Å²) < 4.78 is 0. The minimum Gasteiger partial charge on any atom is -0.322 e. The maximum atomic E-state index is 13.8. The summed E-state index contributed by atoms with van der Waals surface area (Å²) in [6, 6.07) is 11.6. The van der Waals surface area contributed by atoms with Crippen molar-refractivity contribution in [3.8, 4) is 0 Å². The Bertz CT molecular complexity index is 1340. The molecule has 0 saturated carbocycles. The van der Waals surface area contributed by atoms with Crippen LogP contribution in [0.5, 0.6) is 0 Å². The van der Waals surface area contributed by atoms with Crippen molar-refractivity contribution in [2.45, 2.75) is 112 Å². The average molecular weight is 528 g/mol. The Kier molecular flexibility index (Phi) is 8.40. The van der Waals surface area contributed by atoms with E-state index in [1.807, 2.05) is 50.2 Å². The van der Waals surface area contributed by atoms with Crippen molar-refractivity contribution in [1.29, 1.82) is 0 Å². The lowest BCUT2D eigenvalue weighted by Crippen LogP contribution is -2.33. The SMILES string of the molecule is C/C(=C\CC(C)(C)c1ccc2c(c1)C(=O)c1cc(C(C)(C)CC/C=C(\C)C(C)(C)N)ccc1C2=O)C(C)(C)C. The van der Waals surface area contributed by atoms with Gasteiger partial charge < -0.3 is 5.73 Å². The number of hydrogen-bond acceptors (Lipinski definition) is 3. The van der Waals surface area contributed by atoms with Crippen LogP contribution in [0.2, 0.25) is 0 Å². The van der Waals surface area contributed by atoms with Gasteiger partial charge in [-0.15, -0.1) is 0 Å². The fourth-order valence-corrected chi connectivity index (χ4v) is 4.88. The van der Waals surface area contributed by atoms with Crippen LogP contribution < -0.4 is 5.73 Å². The Morgan fingerprint density at radius 2 is 1.13 bits per heavy atom. The Morgan fingerprint density at radius 3 is 1.59 bits per heavy atom. The number of benzene rings is 2. The molecule has 3 rings (SSSR count). The van der Waals surface area contributed by atoms with Gasteiger partial charge in [0.1, 0.15) is 0 Å². The molecular weight excluding hydrogens is 478 g/mol. The standard InChI is InChI=1S/C36H49NO2/c1-23(33(3,4)5)18-20-35(8,9)26-15-17-28-30(22-26)32(39)29-21-25(14-16-27(29)31(28)38)34(6,7)19-12-13-24(2)36(10,11)37/h13-18,21-22H,12,19-20,37H2,1-11H3/b23-18+,24-13+. The normalized spacial score (nSPS) is 15.4. The molecule has 0 saturated heterocycles. The smallest absolute Gasteiger partial charge is 0.194 e. The molecule has 0 aliphatic heterocycles. The molecule has 0 atom stereocenters. The summed E-state index contributed by atoms with van der Waals surface area (Å²) in [6.07, 6.45) is 7.20. The maximum absolute atomic E-state index is 13.8. The van der Waals surface area contributed by atoms with E-state index in [4.69, 9.17) is 5.73 Å². The molecule has 210 valence electrons. The van der Waals surface area contributed by atoms with Crippen LogP contribution in [0.4, 0.5) is 0 Å². The largest absolute Gasteiger partial charge is 0.322 e. The third kappa shape index (κ3) is 6.69. The van der Waals surface area contributed by atoms with E-state index in [0.717, 1.165) is 30.4 Å². The molecule has 0 bridgehead atoms. The van der Waals surface area contributed by atoms with Crippen LogP contribution in [0.25, 0.3) is 0 Å². The zero-order valence-electron chi connectivity index (χ0n) is 26.1. The monoisotopic (exact) mass is 527 g/mol. The summed E-state index contributed by atoms with van der Waals surface area (Å²) in [4.78, 5) is 27.3. The molecular formula is C36H49NO2. The molecule has 2 aromatic rings. The van der Waals surface area contributed by atoms with Gasteiger partial charge in [0.25, 0.3) is 0 Å². The van der Waals surface area contributed by atoms with Crippen molar-refractivity contribution in [3.05, 3.63) is 93.1 Å². The van der Waals surface area contributed by atoms with E-state index < -0.39 is 0 Å². The van der Waals surface area contributed by atoms with Crippen LogP contribution in [0.3, 0.4) is 0 Å². The van der Waals surface area contributed by atoms with E-state index in [0.29, 0.717) is 22.3 Å². The molecule has 1 aliphatic rings. The van der Waals surface area contributed by atoms with Crippen LogP contribution >= 0.6 is 0 Å². The second-order valence-corrected chi connectivity index (χ2v) is 14.4. The number of ketones is 2. The van der Waals surface area contributed by atoms with E-state index in [9.17, 15) is 9.59 Å². The summed E-state index contributed by atoms with van der Waals surface area (Å²) >= 11 is 0. The number of hydrogen-bond donors (Lipinski definition) is 1. The van der Waals surface area contributed by atoms with Crippen molar-refractivity contribution >= 4 is 11.6 Å². The van der Waals surface area contributed by atoms with Gasteiger partial charge in [0.2, 0.25) is 0 Å². The number of allylic oxidation sites excluding steroid dienone is 3. The molecule has 39 heavy (non-hydrogen) atoms. The van der Waals surface area contributed by atoms with E-state index in [1.165, 1.54) is 11.1 Å². The lowest BCUT2D eigenvalue weighted by Gasteiger charge is -2.29. The molecule has 0 radical (unpaired) electrons. The number of carbonyl (C=O) groups is 2. The first-order valence-electron chi connectivity index (χ1n) is 14.3. The van der Waals surface area contributed by atoms with E-state index in [-0.39, 0.29) is 33.4 Å². The summed E-state index contributed by atoms with van der Waals surface area (Å²) in [5, 5.41) is 0. The number of rotatable bonds is 8. The number of carbonyl (C=O) groups excluding carboxylic acids is 2. The van der Waals surface area contributed by atoms with Crippen LogP contribution in [0.15, 0.2) is 59.7 Å². The first-order chi connectivity index (χ1) is 17.8. The van der Waals surface area contributed by atoms with E-state index in [2.05, 4.69) is 74.5 Å². The van der Waals surface area contributed by atoms with Crippen LogP contribution in [0.1, 0.15) is 138 Å². The Balaban J connectivity index is 1.93. The lowest BCUT2D eigenvalue weighted by atomic mass is 9.74. The topological polar surface area (TPSA) is 60.2 Å². The van der Waals surface area contributed by atoms with Gasteiger partial charge in [0, 0.05) is 27.8 Å². The lowest BCUT2D eigenvalue weighted by molar-refractivity contribution is 0.0978. The Morgan fingerprint density at radius 1 is 0.667 bits per heavy atom. The van der Waals surface area contributed by atoms with Gasteiger partial charge >= 0.3 is 0 Å². The fraction of sp³-hybridized carbons (Fsp3) is 0.500. The molecule has 3 heteroatoms. The van der Waals surface area contributed by atoms with Gasteiger partial charge in [-0.2, -0.15) is 0 Å². The molecule has 3 nitrogen and oxygen atoms in total. The van der Waals surface area contributed by atoms with Gasteiger partial charge in [0.15, 0.2) is 11.6 Å². The van der Waals surface area contributed by atoms with Gasteiger partial charge in [-0.3, -0.25) is 9.59 Å². The van der Waals surface area contributed by atoms with Crippen molar-refractivity contribution in [2.24, 2.45) is 11.1 Å². The van der Waals surface area contributed by atoms with Crippen LogP contribution in [-0.2, 0) is 10.8 Å². The summed E-state index contributed by atoms with van der Waals surface area (Å²) in [6.45, 7) is 23.8. The molecule has 1 aliphatic carbocycles. The zero-order chi connectivity index (χ0) is 29.6. The highest BCUT2D eigenvalue weighted by atomic mass is 16.1. The molecule has 2 aromatic carbocycles. The Labute approximate surface area is 237 Å².